The average molecular weight is 370 g/mol. The zero-order valence-corrected chi connectivity index (χ0v) is 13.3. The van der Waals surface area contributed by atoms with Crippen molar-refractivity contribution in [1.29, 1.82) is 5.26 Å². The zero-order valence-electron chi connectivity index (χ0n) is 11.0. The molecule has 1 aliphatic rings. The van der Waals surface area contributed by atoms with Crippen LogP contribution in [0.2, 0.25) is 0 Å². The molecule has 1 saturated carbocycles. The molecule has 1 fully saturated rings. The third kappa shape index (κ3) is 5.47. The summed E-state index contributed by atoms with van der Waals surface area (Å²) in [5.41, 5.74) is 1.74. The molecule has 2 rings (SSSR count). The summed E-state index contributed by atoms with van der Waals surface area (Å²) >= 11 is 0. The average Bonchev–Trinajstić information content (AvgIpc) is 3.20. The van der Waals surface area contributed by atoms with E-state index in [9.17, 15) is 0 Å². The van der Waals surface area contributed by atoms with Gasteiger partial charge in [-0.05, 0) is 37.5 Å². The Morgan fingerprint density at radius 1 is 1.47 bits per heavy atom. The molecule has 0 spiro atoms. The summed E-state index contributed by atoms with van der Waals surface area (Å²) in [6.07, 6.45) is 2.46. The molecule has 1 aliphatic carbocycles. The number of nitrogens with zero attached hydrogens (tertiary/aromatic N) is 2. The molecule has 0 aliphatic heterocycles. The van der Waals surface area contributed by atoms with E-state index in [2.05, 4.69) is 28.6 Å². The molecule has 5 heteroatoms. The van der Waals surface area contributed by atoms with E-state index < -0.39 is 0 Å². The minimum Gasteiger partial charge on any atom is -0.357 e. The minimum atomic E-state index is 0. The summed E-state index contributed by atoms with van der Waals surface area (Å²) in [6, 6.07) is 10.3. The molecule has 0 heterocycles. The van der Waals surface area contributed by atoms with Crippen LogP contribution < -0.4 is 10.6 Å². The fourth-order valence-corrected chi connectivity index (χ4v) is 1.65. The predicted molar refractivity (Wildman–Crippen MR) is 87.5 cm³/mol. The van der Waals surface area contributed by atoms with Crippen molar-refractivity contribution in [1.82, 2.24) is 10.6 Å². The maximum absolute atomic E-state index is 8.84. The van der Waals surface area contributed by atoms with Gasteiger partial charge in [-0.1, -0.05) is 12.1 Å². The molecule has 1 aromatic carbocycles. The standard InChI is InChI=1S/C14H18N4.HI/c1-2-16-14(18-13-6-7-13)17-10-12-5-3-4-11(8-12)9-15;/h3-5,8,13H,2,6-7,10H2,1H3,(H2,16,17,18);1H. The summed E-state index contributed by atoms with van der Waals surface area (Å²) in [5.74, 6) is 0.863. The molecule has 0 radical (unpaired) electrons. The molecular weight excluding hydrogens is 351 g/mol. The maximum atomic E-state index is 8.84. The molecule has 102 valence electrons. The second-order valence-electron chi connectivity index (χ2n) is 4.43. The lowest BCUT2D eigenvalue weighted by Crippen LogP contribution is -2.38. The molecule has 0 bridgehead atoms. The Bertz CT molecular complexity index is 475. The Labute approximate surface area is 131 Å². The van der Waals surface area contributed by atoms with E-state index in [1.165, 1.54) is 12.8 Å². The number of aliphatic imine (C=N–C) groups is 1. The van der Waals surface area contributed by atoms with Gasteiger partial charge in [-0.15, -0.1) is 24.0 Å². The van der Waals surface area contributed by atoms with Gasteiger partial charge < -0.3 is 10.6 Å². The van der Waals surface area contributed by atoms with E-state index in [1.807, 2.05) is 18.2 Å². The molecule has 0 amide bonds. The topological polar surface area (TPSA) is 60.2 Å². The van der Waals surface area contributed by atoms with E-state index in [-0.39, 0.29) is 24.0 Å². The van der Waals surface area contributed by atoms with Crippen molar-refractivity contribution < 1.29 is 0 Å². The number of halogens is 1. The van der Waals surface area contributed by atoms with Gasteiger partial charge in [0.25, 0.3) is 0 Å². The third-order valence-electron chi connectivity index (χ3n) is 2.74. The van der Waals surface area contributed by atoms with Gasteiger partial charge in [0, 0.05) is 12.6 Å². The van der Waals surface area contributed by atoms with Crippen LogP contribution in [0, 0.1) is 11.3 Å². The van der Waals surface area contributed by atoms with Gasteiger partial charge in [0.05, 0.1) is 18.2 Å². The Kier molecular flexibility index (Phi) is 6.64. The first-order chi connectivity index (χ1) is 8.81. The molecule has 0 atom stereocenters. The first-order valence-electron chi connectivity index (χ1n) is 6.35. The molecule has 0 aromatic heterocycles. The lowest BCUT2D eigenvalue weighted by Gasteiger charge is -2.10. The van der Waals surface area contributed by atoms with Crippen molar-refractivity contribution in [3.05, 3.63) is 35.4 Å². The van der Waals surface area contributed by atoms with Crippen molar-refractivity contribution in [3.8, 4) is 6.07 Å². The Hall–Kier alpha value is -1.29. The normalized spacial score (nSPS) is 14.2. The summed E-state index contributed by atoms with van der Waals surface area (Å²) < 4.78 is 0. The highest BCUT2D eigenvalue weighted by Crippen LogP contribution is 2.18. The number of guanidine groups is 1. The molecule has 0 unspecified atom stereocenters. The van der Waals surface area contributed by atoms with Crippen LogP contribution in [0.25, 0.3) is 0 Å². The fraction of sp³-hybridized carbons (Fsp3) is 0.429. The predicted octanol–water partition coefficient (Wildman–Crippen LogP) is 2.39. The second-order valence-corrected chi connectivity index (χ2v) is 4.43. The van der Waals surface area contributed by atoms with Crippen LogP contribution in [-0.2, 0) is 6.54 Å². The highest BCUT2D eigenvalue weighted by atomic mass is 127. The maximum Gasteiger partial charge on any atom is 0.191 e. The molecular formula is C14H19IN4. The Morgan fingerprint density at radius 3 is 2.89 bits per heavy atom. The van der Waals surface area contributed by atoms with E-state index in [0.717, 1.165) is 18.1 Å². The number of hydrogen-bond donors (Lipinski definition) is 2. The monoisotopic (exact) mass is 370 g/mol. The number of nitriles is 1. The number of rotatable bonds is 4. The first-order valence-corrected chi connectivity index (χ1v) is 6.35. The minimum absolute atomic E-state index is 0. The Balaban J connectivity index is 0.00000180. The molecule has 4 nitrogen and oxygen atoms in total. The summed E-state index contributed by atoms with van der Waals surface area (Å²) in [7, 11) is 0. The van der Waals surface area contributed by atoms with Crippen LogP contribution in [0.3, 0.4) is 0 Å². The van der Waals surface area contributed by atoms with Crippen LogP contribution in [-0.4, -0.2) is 18.5 Å². The Morgan fingerprint density at radius 2 is 2.26 bits per heavy atom. The van der Waals surface area contributed by atoms with Crippen molar-refractivity contribution >= 4 is 29.9 Å². The van der Waals surface area contributed by atoms with Gasteiger partial charge in [0.2, 0.25) is 0 Å². The number of benzene rings is 1. The number of hydrogen-bond acceptors (Lipinski definition) is 2. The molecule has 19 heavy (non-hydrogen) atoms. The van der Waals surface area contributed by atoms with Crippen molar-refractivity contribution in [2.75, 3.05) is 6.54 Å². The molecule has 0 saturated heterocycles. The van der Waals surface area contributed by atoms with Gasteiger partial charge in [0.15, 0.2) is 5.96 Å². The third-order valence-corrected chi connectivity index (χ3v) is 2.74. The van der Waals surface area contributed by atoms with Crippen molar-refractivity contribution in [2.45, 2.75) is 32.4 Å². The van der Waals surface area contributed by atoms with Crippen LogP contribution in [0.4, 0.5) is 0 Å². The summed E-state index contributed by atoms with van der Waals surface area (Å²) in [4.78, 5) is 4.52. The van der Waals surface area contributed by atoms with Crippen molar-refractivity contribution in [3.63, 3.8) is 0 Å². The lowest BCUT2D eigenvalue weighted by atomic mass is 10.1. The van der Waals surface area contributed by atoms with Gasteiger partial charge in [-0.3, -0.25) is 0 Å². The highest BCUT2D eigenvalue weighted by molar-refractivity contribution is 14.0. The zero-order chi connectivity index (χ0) is 12.8. The van der Waals surface area contributed by atoms with Gasteiger partial charge in [0.1, 0.15) is 0 Å². The smallest absolute Gasteiger partial charge is 0.191 e. The van der Waals surface area contributed by atoms with Crippen LogP contribution in [0.15, 0.2) is 29.3 Å². The van der Waals surface area contributed by atoms with E-state index in [0.29, 0.717) is 18.2 Å². The highest BCUT2D eigenvalue weighted by Gasteiger charge is 2.21. The number of nitrogens with one attached hydrogen (secondary N) is 2. The second kappa shape index (κ2) is 8.00. The van der Waals surface area contributed by atoms with E-state index in [1.54, 1.807) is 6.07 Å². The summed E-state index contributed by atoms with van der Waals surface area (Å²) in [6.45, 7) is 3.51. The summed E-state index contributed by atoms with van der Waals surface area (Å²) in [5, 5.41) is 15.4. The largest absolute Gasteiger partial charge is 0.357 e. The first kappa shape index (κ1) is 15.8. The van der Waals surface area contributed by atoms with Gasteiger partial charge >= 0.3 is 0 Å². The van der Waals surface area contributed by atoms with E-state index in [4.69, 9.17) is 5.26 Å². The molecule has 1 aromatic rings. The van der Waals surface area contributed by atoms with Crippen LogP contribution in [0.5, 0.6) is 0 Å². The van der Waals surface area contributed by atoms with Gasteiger partial charge in [-0.25, -0.2) is 4.99 Å². The SMILES string of the molecule is CCNC(=NCc1cccc(C#N)c1)NC1CC1.I. The lowest BCUT2D eigenvalue weighted by molar-refractivity contribution is 0.812. The fourth-order valence-electron chi connectivity index (χ4n) is 1.65. The van der Waals surface area contributed by atoms with E-state index >= 15 is 0 Å². The van der Waals surface area contributed by atoms with Crippen molar-refractivity contribution in [2.24, 2.45) is 4.99 Å². The van der Waals surface area contributed by atoms with Crippen LogP contribution >= 0.6 is 24.0 Å². The van der Waals surface area contributed by atoms with Gasteiger partial charge in [-0.2, -0.15) is 5.26 Å². The quantitative estimate of drug-likeness (QED) is 0.486. The molecule has 2 N–H and O–H groups in total. The van der Waals surface area contributed by atoms with Crippen LogP contribution in [0.1, 0.15) is 30.9 Å².